The molecule has 2 heterocycles. The summed E-state index contributed by atoms with van der Waals surface area (Å²) in [6.45, 7) is 3.90. The van der Waals surface area contributed by atoms with Gasteiger partial charge in [0.05, 0.1) is 13.2 Å². The van der Waals surface area contributed by atoms with Crippen molar-refractivity contribution in [3.8, 4) is 0 Å². The Bertz CT molecular complexity index is 793. The van der Waals surface area contributed by atoms with Crippen molar-refractivity contribution in [2.45, 2.75) is 0 Å². The molecule has 1 fully saturated rings. The van der Waals surface area contributed by atoms with Crippen molar-refractivity contribution in [1.82, 2.24) is 14.8 Å². The van der Waals surface area contributed by atoms with Crippen LogP contribution in [0.2, 0.25) is 10.0 Å². The van der Waals surface area contributed by atoms with Crippen LogP contribution in [0, 0.1) is 0 Å². The largest absolute Gasteiger partial charge is 0.379 e. The summed E-state index contributed by atoms with van der Waals surface area (Å²) in [7, 11) is 0. The maximum atomic E-state index is 13.0. The maximum absolute atomic E-state index is 13.0. The van der Waals surface area contributed by atoms with E-state index in [4.69, 9.17) is 27.9 Å². The van der Waals surface area contributed by atoms with Crippen LogP contribution in [0.25, 0.3) is 0 Å². The topological polar surface area (TPSA) is 74.8 Å². The van der Waals surface area contributed by atoms with Crippen molar-refractivity contribution in [3.05, 3.63) is 45.4 Å². The predicted octanol–water partition coefficient (Wildman–Crippen LogP) is 2.86. The zero-order valence-corrected chi connectivity index (χ0v) is 17.4. The van der Waals surface area contributed by atoms with Crippen LogP contribution in [0.3, 0.4) is 0 Å². The van der Waals surface area contributed by atoms with Crippen molar-refractivity contribution in [1.29, 1.82) is 0 Å². The van der Waals surface area contributed by atoms with Crippen molar-refractivity contribution in [3.63, 3.8) is 0 Å². The second-order valence-electron chi connectivity index (χ2n) is 6.22. The lowest BCUT2D eigenvalue weighted by atomic mass is 10.2. The number of halogens is 2. The molecule has 0 spiro atoms. The number of rotatable bonds is 7. The van der Waals surface area contributed by atoms with E-state index in [2.05, 4.69) is 15.2 Å². The van der Waals surface area contributed by atoms with Crippen molar-refractivity contribution in [2.75, 3.05) is 51.3 Å². The normalized spacial score (nSPS) is 14.6. The van der Waals surface area contributed by atoms with E-state index in [1.165, 1.54) is 16.2 Å². The Labute approximate surface area is 177 Å². The Kier molecular flexibility index (Phi) is 7.64. The zero-order valence-electron chi connectivity index (χ0n) is 15.1. The van der Waals surface area contributed by atoms with E-state index in [0.29, 0.717) is 47.0 Å². The number of hydrogen-bond acceptors (Lipinski definition) is 6. The van der Waals surface area contributed by atoms with E-state index in [1.54, 1.807) is 29.8 Å². The van der Waals surface area contributed by atoms with Crippen molar-refractivity contribution >= 4 is 51.5 Å². The van der Waals surface area contributed by atoms with Gasteiger partial charge in [-0.05, 0) is 18.2 Å². The molecule has 1 saturated heterocycles. The first-order valence-electron chi connectivity index (χ1n) is 8.76. The predicted molar refractivity (Wildman–Crippen MR) is 110 cm³/mol. The maximum Gasteiger partial charge on any atom is 0.254 e. The summed E-state index contributed by atoms with van der Waals surface area (Å²) in [5, 5.41) is 5.72. The molecule has 1 aliphatic rings. The lowest BCUT2D eigenvalue weighted by Gasteiger charge is -2.30. The summed E-state index contributed by atoms with van der Waals surface area (Å²) in [6.07, 6.45) is 1.61. The minimum absolute atomic E-state index is 0.0904. The highest BCUT2D eigenvalue weighted by molar-refractivity contribution is 7.13. The van der Waals surface area contributed by atoms with Crippen molar-refractivity contribution in [2.24, 2.45) is 0 Å². The van der Waals surface area contributed by atoms with Crippen LogP contribution in [0.15, 0.2) is 29.8 Å². The fourth-order valence-corrected chi connectivity index (χ4v) is 3.89. The molecule has 2 amide bonds. The minimum Gasteiger partial charge on any atom is -0.379 e. The second kappa shape index (κ2) is 10.2. The van der Waals surface area contributed by atoms with E-state index in [-0.39, 0.29) is 18.4 Å². The molecule has 10 heteroatoms. The van der Waals surface area contributed by atoms with Gasteiger partial charge in [0.25, 0.3) is 5.91 Å². The lowest BCUT2D eigenvalue weighted by Crippen LogP contribution is -2.45. The first kappa shape index (κ1) is 21.0. The van der Waals surface area contributed by atoms with Crippen LogP contribution in [-0.2, 0) is 9.53 Å². The molecule has 1 aromatic carbocycles. The smallest absolute Gasteiger partial charge is 0.254 e. The highest BCUT2D eigenvalue weighted by atomic mass is 35.5. The van der Waals surface area contributed by atoms with Crippen LogP contribution in [0.5, 0.6) is 0 Å². The lowest BCUT2D eigenvalue weighted by molar-refractivity contribution is -0.117. The first-order chi connectivity index (χ1) is 13.5. The Morgan fingerprint density at radius 3 is 2.57 bits per heavy atom. The van der Waals surface area contributed by atoms with Gasteiger partial charge in [0, 0.05) is 53.4 Å². The first-order valence-corrected chi connectivity index (χ1v) is 10.4. The number of hydrogen-bond donors (Lipinski definition) is 1. The molecule has 7 nitrogen and oxygen atoms in total. The van der Waals surface area contributed by atoms with E-state index in [0.717, 1.165) is 13.1 Å². The number of benzene rings is 1. The molecule has 3 rings (SSSR count). The Morgan fingerprint density at radius 2 is 1.93 bits per heavy atom. The number of nitrogens with one attached hydrogen (secondary N) is 1. The van der Waals surface area contributed by atoms with Crippen LogP contribution in [0.1, 0.15) is 10.4 Å². The number of nitrogens with zero attached hydrogens (tertiary/aromatic N) is 3. The molecular weight excluding hydrogens is 423 g/mol. The average molecular weight is 443 g/mol. The van der Waals surface area contributed by atoms with E-state index < -0.39 is 0 Å². The van der Waals surface area contributed by atoms with E-state index in [9.17, 15) is 9.59 Å². The molecule has 28 heavy (non-hydrogen) atoms. The molecule has 0 unspecified atom stereocenters. The van der Waals surface area contributed by atoms with Gasteiger partial charge in [0.1, 0.15) is 6.54 Å². The third kappa shape index (κ3) is 6.15. The summed E-state index contributed by atoms with van der Waals surface area (Å²) in [5.74, 6) is -0.606. The molecular formula is C18H20Cl2N4O3S. The molecule has 1 aliphatic heterocycles. The van der Waals surface area contributed by atoms with Crippen LogP contribution < -0.4 is 5.32 Å². The van der Waals surface area contributed by atoms with Gasteiger partial charge in [-0.25, -0.2) is 4.98 Å². The third-order valence-electron chi connectivity index (χ3n) is 4.20. The van der Waals surface area contributed by atoms with Crippen LogP contribution in [-0.4, -0.2) is 72.5 Å². The highest BCUT2D eigenvalue weighted by Crippen LogP contribution is 2.20. The number of amides is 2. The number of ether oxygens (including phenoxy) is 1. The molecule has 0 bridgehead atoms. The summed E-state index contributed by atoms with van der Waals surface area (Å²) in [5.41, 5.74) is 0.349. The number of thiazole rings is 1. The molecule has 0 saturated carbocycles. The van der Waals surface area contributed by atoms with Gasteiger partial charge in [-0.15, -0.1) is 11.3 Å². The summed E-state index contributed by atoms with van der Waals surface area (Å²) >= 11 is 13.4. The summed E-state index contributed by atoms with van der Waals surface area (Å²) in [4.78, 5) is 33.2. The van der Waals surface area contributed by atoms with Gasteiger partial charge in [-0.3, -0.25) is 14.5 Å². The molecule has 0 atom stereocenters. The van der Waals surface area contributed by atoms with Gasteiger partial charge in [-0.1, -0.05) is 23.2 Å². The van der Waals surface area contributed by atoms with Gasteiger partial charge >= 0.3 is 0 Å². The molecule has 0 radical (unpaired) electrons. The average Bonchev–Trinajstić information content (AvgIpc) is 3.17. The number of morpholine rings is 1. The van der Waals surface area contributed by atoms with E-state index >= 15 is 0 Å². The molecule has 1 aromatic heterocycles. The van der Waals surface area contributed by atoms with Crippen LogP contribution >= 0.6 is 34.5 Å². The number of carbonyl (C=O) groups excluding carboxylic acids is 2. The Balaban J connectivity index is 1.70. The standard InChI is InChI=1S/C18H20Cl2N4O3S/c19-14-9-13(10-15(20)11-14)17(26)24(3-2-23-4-6-27-7-5-23)12-16(25)22-18-21-1-8-28-18/h1,8-11H,2-7,12H2,(H,21,22,25). The fourth-order valence-electron chi connectivity index (χ4n) is 2.82. The zero-order chi connectivity index (χ0) is 19.9. The third-order valence-corrected chi connectivity index (χ3v) is 5.32. The van der Waals surface area contributed by atoms with Crippen LogP contribution in [0.4, 0.5) is 5.13 Å². The summed E-state index contributed by atoms with van der Waals surface area (Å²) in [6, 6.07) is 4.67. The quantitative estimate of drug-likeness (QED) is 0.713. The summed E-state index contributed by atoms with van der Waals surface area (Å²) < 4.78 is 5.35. The number of anilines is 1. The number of carbonyl (C=O) groups is 2. The van der Waals surface area contributed by atoms with Gasteiger partial charge < -0.3 is 15.0 Å². The minimum atomic E-state index is -0.307. The Hall–Kier alpha value is -1.71. The van der Waals surface area contributed by atoms with Crippen molar-refractivity contribution < 1.29 is 14.3 Å². The molecule has 150 valence electrons. The van der Waals surface area contributed by atoms with Gasteiger partial charge in [-0.2, -0.15) is 0 Å². The SMILES string of the molecule is O=C(CN(CCN1CCOCC1)C(=O)c1cc(Cl)cc(Cl)c1)Nc1nccs1. The monoisotopic (exact) mass is 442 g/mol. The van der Waals surface area contributed by atoms with Gasteiger partial charge in [0.2, 0.25) is 5.91 Å². The highest BCUT2D eigenvalue weighted by Gasteiger charge is 2.22. The molecule has 0 aliphatic carbocycles. The fraction of sp³-hybridized carbons (Fsp3) is 0.389. The molecule has 1 N–H and O–H groups in total. The molecule has 2 aromatic rings. The van der Waals surface area contributed by atoms with Gasteiger partial charge in [0.15, 0.2) is 5.13 Å². The second-order valence-corrected chi connectivity index (χ2v) is 7.99. The number of aromatic nitrogens is 1. The van der Waals surface area contributed by atoms with E-state index in [1.807, 2.05) is 0 Å². The Morgan fingerprint density at radius 1 is 1.21 bits per heavy atom.